The molecule has 112 valence electrons. The number of ether oxygens (including phenoxy) is 1. The lowest BCUT2D eigenvalue weighted by atomic mass is 10.2. The molecule has 22 heavy (non-hydrogen) atoms. The molecule has 0 amide bonds. The van der Waals surface area contributed by atoms with Gasteiger partial charge in [0.15, 0.2) is 0 Å². The van der Waals surface area contributed by atoms with Crippen molar-refractivity contribution >= 4 is 0 Å². The summed E-state index contributed by atoms with van der Waals surface area (Å²) in [5, 5.41) is 9.33. The van der Waals surface area contributed by atoms with Crippen LogP contribution in [0.3, 0.4) is 0 Å². The normalized spacial score (nSPS) is 10.5. The standard InChI is InChI=1S/C18H18N2O2/c21-16-8-6-15(7-9-16)14-20-12-11-19-18(20)10-13-22-17-4-2-1-3-5-17/h1-9,11-12,21H,10,13-14H2. The summed E-state index contributed by atoms with van der Waals surface area (Å²) in [6, 6.07) is 17.0. The molecule has 0 unspecified atom stereocenters. The minimum Gasteiger partial charge on any atom is -0.508 e. The number of rotatable bonds is 6. The van der Waals surface area contributed by atoms with Crippen molar-refractivity contribution in [2.24, 2.45) is 0 Å². The van der Waals surface area contributed by atoms with Gasteiger partial charge in [0, 0.05) is 25.4 Å². The Hall–Kier alpha value is -2.75. The van der Waals surface area contributed by atoms with Crippen molar-refractivity contribution in [1.82, 2.24) is 9.55 Å². The fourth-order valence-corrected chi connectivity index (χ4v) is 2.29. The molecule has 4 heteroatoms. The van der Waals surface area contributed by atoms with E-state index in [0.29, 0.717) is 6.61 Å². The fraction of sp³-hybridized carbons (Fsp3) is 0.167. The van der Waals surface area contributed by atoms with Crippen LogP contribution in [0.1, 0.15) is 11.4 Å². The lowest BCUT2D eigenvalue weighted by molar-refractivity contribution is 0.317. The van der Waals surface area contributed by atoms with Gasteiger partial charge in [0.1, 0.15) is 17.3 Å². The van der Waals surface area contributed by atoms with E-state index in [2.05, 4.69) is 9.55 Å². The number of aromatic hydroxyl groups is 1. The van der Waals surface area contributed by atoms with Gasteiger partial charge in [-0.05, 0) is 29.8 Å². The van der Waals surface area contributed by atoms with Crippen molar-refractivity contribution < 1.29 is 9.84 Å². The third kappa shape index (κ3) is 3.67. The zero-order valence-electron chi connectivity index (χ0n) is 12.2. The van der Waals surface area contributed by atoms with Gasteiger partial charge in [-0.3, -0.25) is 0 Å². The Morgan fingerprint density at radius 3 is 2.55 bits per heavy atom. The molecule has 4 nitrogen and oxygen atoms in total. The monoisotopic (exact) mass is 294 g/mol. The van der Waals surface area contributed by atoms with Crippen molar-refractivity contribution in [3.63, 3.8) is 0 Å². The van der Waals surface area contributed by atoms with Gasteiger partial charge < -0.3 is 14.4 Å². The second-order valence-electron chi connectivity index (χ2n) is 5.05. The zero-order valence-corrected chi connectivity index (χ0v) is 12.2. The summed E-state index contributed by atoms with van der Waals surface area (Å²) in [6.45, 7) is 1.33. The molecule has 0 aliphatic heterocycles. The van der Waals surface area contributed by atoms with Gasteiger partial charge in [-0.2, -0.15) is 0 Å². The number of para-hydroxylation sites is 1. The molecule has 1 N–H and O–H groups in total. The van der Waals surface area contributed by atoms with E-state index in [9.17, 15) is 5.11 Å². The first-order valence-corrected chi connectivity index (χ1v) is 7.27. The number of benzene rings is 2. The van der Waals surface area contributed by atoms with E-state index in [1.54, 1.807) is 18.3 Å². The summed E-state index contributed by atoms with van der Waals surface area (Å²) in [5.74, 6) is 2.15. The number of nitrogens with zero attached hydrogens (tertiary/aromatic N) is 2. The van der Waals surface area contributed by atoms with Crippen molar-refractivity contribution in [1.29, 1.82) is 0 Å². The molecular formula is C18H18N2O2. The van der Waals surface area contributed by atoms with Crippen molar-refractivity contribution in [2.45, 2.75) is 13.0 Å². The Labute approximate surface area is 129 Å². The van der Waals surface area contributed by atoms with Crippen LogP contribution < -0.4 is 4.74 Å². The number of aromatic nitrogens is 2. The summed E-state index contributed by atoms with van der Waals surface area (Å²) in [5.41, 5.74) is 1.13. The highest BCUT2D eigenvalue weighted by atomic mass is 16.5. The first-order chi connectivity index (χ1) is 10.8. The van der Waals surface area contributed by atoms with Crippen LogP contribution in [0, 0.1) is 0 Å². The first kappa shape index (κ1) is 14.2. The SMILES string of the molecule is Oc1ccc(Cn2ccnc2CCOc2ccccc2)cc1. The third-order valence-corrected chi connectivity index (χ3v) is 3.43. The molecule has 0 saturated heterocycles. The summed E-state index contributed by atoms with van der Waals surface area (Å²) in [4.78, 5) is 4.39. The number of hydrogen-bond acceptors (Lipinski definition) is 3. The second-order valence-corrected chi connectivity index (χ2v) is 5.05. The lowest BCUT2D eigenvalue weighted by Gasteiger charge is -2.09. The predicted molar refractivity (Wildman–Crippen MR) is 85.1 cm³/mol. The smallest absolute Gasteiger partial charge is 0.119 e. The fourth-order valence-electron chi connectivity index (χ4n) is 2.29. The zero-order chi connectivity index (χ0) is 15.2. The van der Waals surface area contributed by atoms with E-state index >= 15 is 0 Å². The number of hydrogen-bond donors (Lipinski definition) is 1. The Kier molecular flexibility index (Phi) is 4.39. The van der Waals surface area contributed by atoms with E-state index in [1.807, 2.05) is 48.7 Å². The average molecular weight is 294 g/mol. The summed E-state index contributed by atoms with van der Waals surface area (Å²) >= 11 is 0. The van der Waals surface area contributed by atoms with Gasteiger partial charge in [0.2, 0.25) is 0 Å². The van der Waals surface area contributed by atoms with Crippen LogP contribution in [0.15, 0.2) is 67.0 Å². The van der Waals surface area contributed by atoms with Crippen LogP contribution in [0.4, 0.5) is 0 Å². The molecule has 0 radical (unpaired) electrons. The maximum Gasteiger partial charge on any atom is 0.119 e. The second kappa shape index (κ2) is 6.80. The van der Waals surface area contributed by atoms with Gasteiger partial charge in [-0.1, -0.05) is 30.3 Å². The van der Waals surface area contributed by atoms with Crippen LogP contribution in [0.5, 0.6) is 11.5 Å². The summed E-state index contributed by atoms with van der Waals surface area (Å²) in [6.07, 6.45) is 4.52. The van der Waals surface area contributed by atoms with Gasteiger partial charge >= 0.3 is 0 Å². The highest BCUT2D eigenvalue weighted by Gasteiger charge is 2.04. The molecule has 2 aromatic carbocycles. The highest BCUT2D eigenvalue weighted by Crippen LogP contribution is 2.13. The van der Waals surface area contributed by atoms with Gasteiger partial charge in [-0.15, -0.1) is 0 Å². The minimum atomic E-state index is 0.283. The Balaban J connectivity index is 1.59. The maximum absolute atomic E-state index is 9.33. The highest BCUT2D eigenvalue weighted by molar-refractivity contribution is 5.26. The quantitative estimate of drug-likeness (QED) is 0.759. The molecule has 0 atom stereocenters. The molecule has 0 aliphatic carbocycles. The largest absolute Gasteiger partial charge is 0.508 e. The van der Waals surface area contributed by atoms with Gasteiger partial charge in [-0.25, -0.2) is 4.98 Å². The summed E-state index contributed by atoms with van der Waals surface area (Å²) in [7, 11) is 0. The molecule has 0 bridgehead atoms. The van der Waals surface area contributed by atoms with Crippen LogP contribution in [0.2, 0.25) is 0 Å². The van der Waals surface area contributed by atoms with E-state index < -0.39 is 0 Å². The van der Waals surface area contributed by atoms with E-state index in [1.165, 1.54) is 0 Å². The van der Waals surface area contributed by atoms with Crippen molar-refractivity contribution in [2.75, 3.05) is 6.61 Å². The average Bonchev–Trinajstić information content (AvgIpc) is 2.98. The first-order valence-electron chi connectivity index (χ1n) is 7.27. The Bertz CT molecular complexity index is 705. The number of phenolic OH excluding ortho intramolecular Hbond substituents is 1. The van der Waals surface area contributed by atoms with E-state index in [-0.39, 0.29) is 5.75 Å². The third-order valence-electron chi connectivity index (χ3n) is 3.43. The van der Waals surface area contributed by atoms with E-state index in [0.717, 1.165) is 30.1 Å². The lowest BCUT2D eigenvalue weighted by Crippen LogP contribution is -2.09. The van der Waals surface area contributed by atoms with E-state index in [4.69, 9.17) is 4.74 Å². The molecule has 1 aromatic heterocycles. The molecule has 0 aliphatic rings. The molecule has 0 fully saturated rings. The molecule has 0 spiro atoms. The topological polar surface area (TPSA) is 47.3 Å². The van der Waals surface area contributed by atoms with Crippen molar-refractivity contribution in [3.8, 4) is 11.5 Å². The summed E-state index contributed by atoms with van der Waals surface area (Å²) < 4.78 is 7.81. The number of phenols is 1. The van der Waals surface area contributed by atoms with Gasteiger partial charge in [0.25, 0.3) is 0 Å². The molecular weight excluding hydrogens is 276 g/mol. The van der Waals surface area contributed by atoms with Crippen LogP contribution >= 0.6 is 0 Å². The van der Waals surface area contributed by atoms with Crippen LogP contribution in [-0.4, -0.2) is 21.3 Å². The molecule has 1 heterocycles. The minimum absolute atomic E-state index is 0.283. The van der Waals surface area contributed by atoms with Crippen molar-refractivity contribution in [3.05, 3.63) is 78.4 Å². The maximum atomic E-state index is 9.33. The van der Waals surface area contributed by atoms with Gasteiger partial charge in [0.05, 0.1) is 6.61 Å². The molecule has 3 aromatic rings. The Morgan fingerprint density at radius 1 is 1.00 bits per heavy atom. The Morgan fingerprint density at radius 2 is 1.77 bits per heavy atom. The number of imidazole rings is 1. The van der Waals surface area contributed by atoms with Crippen LogP contribution in [-0.2, 0) is 13.0 Å². The van der Waals surface area contributed by atoms with Crippen LogP contribution in [0.25, 0.3) is 0 Å². The molecule has 3 rings (SSSR count). The molecule has 0 saturated carbocycles. The predicted octanol–water partition coefficient (Wildman–Crippen LogP) is 3.26.